The molecule has 2 aromatic heterocycles. The Hall–Kier alpha value is -2.03. The van der Waals surface area contributed by atoms with Crippen LogP contribution in [0.2, 0.25) is 0 Å². The topological polar surface area (TPSA) is 33.6 Å². The molecular weight excluding hydrogens is 222 g/mol. The third kappa shape index (κ3) is 1.22. The smallest absolute Gasteiger partial charge is 0.112 e. The molecule has 3 nitrogen and oxygen atoms in total. The van der Waals surface area contributed by atoms with Crippen LogP contribution in [0.4, 0.5) is 0 Å². The molecular formula is C15H15N3. The summed E-state index contributed by atoms with van der Waals surface area (Å²) >= 11 is 0. The Balaban J connectivity index is 2.07. The average molecular weight is 237 g/mol. The zero-order chi connectivity index (χ0) is 12.3. The fourth-order valence-electron chi connectivity index (χ4n) is 3.01. The zero-order valence-electron chi connectivity index (χ0n) is 10.6. The number of nitrogens with zero attached hydrogens (tertiary/aromatic N) is 2. The van der Waals surface area contributed by atoms with Crippen LogP contribution in [0, 0.1) is 6.92 Å². The third-order valence-corrected chi connectivity index (χ3v) is 3.85. The highest BCUT2D eigenvalue weighted by molar-refractivity contribution is 5.91. The van der Waals surface area contributed by atoms with Gasteiger partial charge in [-0.1, -0.05) is 11.6 Å². The summed E-state index contributed by atoms with van der Waals surface area (Å²) in [6.07, 6.45) is 4.34. The standard InChI is InChI=1S/C15H15N3/c1-9-3-6-13-12(7-9)11-5-4-10-8-18(2)17-14(10)15(11)16-13/h3,6-8,16H,4-5H2,1-2H3. The van der Waals surface area contributed by atoms with Gasteiger partial charge in [0.1, 0.15) is 5.69 Å². The van der Waals surface area contributed by atoms with E-state index in [1.165, 1.54) is 33.3 Å². The number of H-pyrrole nitrogens is 1. The van der Waals surface area contributed by atoms with E-state index in [0.717, 1.165) is 18.5 Å². The number of aromatic amines is 1. The number of fused-ring (bicyclic) bond motifs is 5. The van der Waals surface area contributed by atoms with E-state index in [0.29, 0.717) is 0 Å². The molecule has 1 aliphatic rings. The summed E-state index contributed by atoms with van der Waals surface area (Å²) in [6, 6.07) is 6.60. The van der Waals surface area contributed by atoms with Crippen molar-refractivity contribution >= 4 is 10.9 Å². The molecule has 90 valence electrons. The molecule has 0 unspecified atom stereocenters. The first-order chi connectivity index (χ1) is 8.72. The van der Waals surface area contributed by atoms with Crippen LogP contribution in [0.5, 0.6) is 0 Å². The SMILES string of the molecule is Cc1ccc2[nH]c3c(c2c1)CCc1cn(C)nc1-3. The van der Waals surface area contributed by atoms with E-state index >= 15 is 0 Å². The molecule has 1 N–H and O–H groups in total. The van der Waals surface area contributed by atoms with Gasteiger partial charge >= 0.3 is 0 Å². The van der Waals surface area contributed by atoms with Crippen molar-refractivity contribution in [2.24, 2.45) is 7.05 Å². The average Bonchev–Trinajstić information content (AvgIpc) is 2.88. The van der Waals surface area contributed by atoms with E-state index in [-0.39, 0.29) is 0 Å². The molecule has 0 amide bonds. The first kappa shape index (κ1) is 9.95. The molecule has 18 heavy (non-hydrogen) atoms. The van der Waals surface area contributed by atoms with Crippen molar-refractivity contribution in [3.8, 4) is 11.4 Å². The summed E-state index contributed by atoms with van der Waals surface area (Å²) in [4.78, 5) is 3.54. The van der Waals surface area contributed by atoms with Gasteiger partial charge in [0, 0.05) is 24.1 Å². The maximum atomic E-state index is 4.60. The monoisotopic (exact) mass is 237 g/mol. The summed E-state index contributed by atoms with van der Waals surface area (Å²) < 4.78 is 1.91. The predicted octanol–water partition coefficient (Wildman–Crippen LogP) is 2.98. The van der Waals surface area contributed by atoms with Gasteiger partial charge in [-0.2, -0.15) is 5.10 Å². The van der Waals surface area contributed by atoms with Gasteiger partial charge in [-0.15, -0.1) is 0 Å². The Morgan fingerprint density at radius 2 is 2.17 bits per heavy atom. The molecule has 3 aromatic rings. The fraction of sp³-hybridized carbons (Fsp3) is 0.267. The molecule has 0 radical (unpaired) electrons. The lowest BCUT2D eigenvalue weighted by atomic mass is 9.94. The second-order valence-electron chi connectivity index (χ2n) is 5.20. The van der Waals surface area contributed by atoms with E-state index in [4.69, 9.17) is 0 Å². The van der Waals surface area contributed by atoms with Crippen molar-refractivity contribution in [1.29, 1.82) is 0 Å². The van der Waals surface area contributed by atoms with E-state index in [2.05, 4.69) is 41.4 Å². The van der Waals surface area contributed by atoms with Gasteiger partial charge in [-0.05, 0) is 43.0 Å². The van der Waals surface area contributed by atoms with Crippen molar-refractivity contribution in [3.05, 3.63) is 41.1 Å². The summed E-state index contributed by atoms with van der Waals surface area (Å²) in [6.45, 7) is 2.15. The molecule has 4 rings (SSSR count). The summed E-state index contributed by atoms with van der Waals surface area (Å²) in [5.74, 6) is 0. The number of hydrogen-bond donors (Lipinski definition) is 1. The summed E-state index contributed by atoms with van der Waals surface area (Å²) in [5, 5.41) is 5.96. The fourth-order valence-corrected chi connectivity index (χ4v) is 3.01. The lowest BCUT2D eigenvalue weighted by Crippen LogP contribution is -2.00. The molecule has 0 saturated heterocycles. The van der Waals surface area contributed by atoms with Crippen LogP contribution in [0.3, 0.4) is 0 Å². The van der Waals surface area contributed by atoms with E-state index in [1.54, 1.807) is 0 Å². The maximum absolute atomic E-state index is 4.60. The molecule has 3 heteroatoms. The highest BCUT2D eigenvalue weighted by Crippen LogP contribution is 2.36. The van der Waals surface area contributed by atoms with Crippen molar-refractivity contribution in [2.75, 3.05) is 0 Å². The highest BCUT2D eigenvalue weighted by atomic mass is 15.3. The molecule has 0 bridgehead atoms. The molecule has 0 aliphatic heterocycles. The van der Waals surface area contributed by atoms with E-state index in [1.807, 2.05) is 11.7 Å². The maximum Gasteiger partial charge on any atom is 0.112 e. The van der Waals surface area contributed by atoms with Crippen LogP contribution in [0.15, 0.2) is 24.4 Å². The van der Waals surface area contributed by atoms with Crippen LogP contribution in [-0.2, 0) is 19.9 Å². The second-order valence-corrected chi connectivity index (χ2v) is 5.20. The largest absolute Gasteiger partial charge is 0.353 e. The van der Waals surface area contributed by atoms with Crippen molar-refractivity contribution in [3.63, 3.8) is 0 Å². The summed E-state index contributed by atoms with van der Waals surface area (Å²) in [7, 11) is 1.99. The minimum Gasteiger partial charge on any atom is -0.353 e. The van der Waals surface area contributed by atoms with Gasteiger partial charge in [-0.3, -0.25) is 4.68 Å². The normalized spacial score (nSPS) is 13.7. The van der Waals surface area contributed by atoms with E-state index < -0.39 is 0 Å². The predicted molar refractivity (Wildman–Crippen MR) is 72.6 cm³/mol. The first-order valence-corrected chi connectivity index (χ1v) is 6.36. The van der Waals surface area contributed by atoms with Crippen LogP contribution < -0.4 is 0 Å². The van der Waals surface area contributed by atoms with Crippen molar-refractivity contribution in [2.45, 2.75) is 19.8 Å². The minimum absolute atomic E-state index is 1.09. The summed E-state index contributed by atoms with van der Waals surface area (Å²) in [5.41, 5.74) is 7.68. The molecule has 0 fully saturated rings. The van der Waals surface area contributed by atoms with Gasteiger partial charge in [0.25, 0.3) is 0 Å². The molecule has 0 atom stereocenters. The minimum atomic E-state index is 1.09. The Labute approximate surface area is 105 Å². The zero-order valence-corrected chi connectivity index (χ0v) is 10.6. The van der Waals surface area contributed by atoms with Crippen LogP contribution in [0.25, 0.3) is 22.3 Å². The number of benzene rings is 1. The molecule has 0 saturated carbocycles. The lowest BCUT2D eigenvalue weighted by Gasteiger charge is -2.10. The van der Waals surface area contributed by atoms with E-state index in [9.17, 15) is 0 Å². The Morgan fingerprint density at radius 3 is 3.06 bits per heavy atom. The van der Waals surface area contributed by atoms with Crippen molar-refractivity contribution < 1.29 is 0 Å². The Bertz CT molecular complexity index is 761. The molecule has 0 spiro atoms. The number of aryl methyl sites for hydroxylation is 4. The van der Waals surface area contributed by atoms with Crippen LogP contribution in [0.1, 0.15) is 16.7 Å². The Morgan fingerprint density at radius 1 is 1.28 bits per heavy atom. The number of hydrogen-bond acceptors (Lipinski definition) is 1. The molecule has 2 heterocycles. The van der Waals surface area contributed by atoms with Gasteiger partial charge in [0.2, 0.25) is 0 Å². The van der Waals surface area contributed by atoms with Gasteiger partial charge < -0.3 is 4.98 Å². The van der Waals surface area contributed by atoms with Crippen LogP contribution in [-0.4, -0.2) is 14.8 Å². The van der Waals surface area contributed by atoms with Gasteiger partial charge in [0.05, 0.1) is 5.69 Å². The quantitative estimate of drug-likeness (QED) is 0.640. The Kier molecular flexibility index (Phi) is 1.80. The third-order valence-electron chi connectivity index (χ3n) is 3.85. The lowest BCUT2D eigenvalue weighted by molar-refractivity contribution is 0.770. The molecule has 1 aliphatic carbocycles. The highest BCUT2D eigenvalue weighted by Gasteiger charge is 2.23. The van der Waals surface area contributed by atoms with Crippen LogP contribution >= 0.6 is 0 Å². The van der Waals surface area contributed by atoms with Gasteiger partial charge in [0.15, 0.2) is 0 Å². The first-order valence-electron chi connectivity index (χ1n) is 6.36. The number of nitrogens with one attached hydrogen (secondary N) is 1. The van der Waals surface area contributed by atoms with Gasteiger partial charge in [-0.25, -0.2) is 0 Å². The number of aromatic nitrogens is 3. The second kappa shape index (κ2) is 3.25. The number of rotatable bonds is 0. The van der Waals surface area contributed by atoms with Crippen molar-refractivity contribution in [1.82, 2.24) is 14.8 Å². The molecule has 1 aromatic carbocycles.